The van der Waals surface area contributed by atoms with E-state index in [0.717, 1.165) is 57.4 Å². The monoisotopic (exact) mass is 530 g/mol. The van der Waals surface area contributed by atoms with Gasteiger partial charge in [0.1, 0.15) is 11.4 Å². The first kappa shape index (κ1) is 26.4. The van der Waals surface area contributed by atoms with Crippen molar-refractivity contribution >= 4 is 23.1 Å². The lowest BCUT2D eigenvalue weighted by Gasteiger charge is -2.35. The summed E-state index contributed by atoms with van der Waals surface area (Å²) in [6.45, 7) is 1.73. The SMILES string of the molecule is CNN[C@H]1CC[C@H](n2cc(NC(=O)c3cnn4ccc(N5CCC(N(C)C)CC5)nc34)c(C(F)F)n2)CC1. The van der Waals surface area contributed by atoms with Gasteiger partial charge in [0.15, 0.2) is 11.3 Å². The number of piperidine rings is 1. The van der Waals surface area contributed by atoms with Gasteiger partial charge < -0.3 is 15.1 Å². The smallest absolute Gasteiger partial charge is 0.284 e. The van der Waals surface area contributed by atoms with Gasteiger partial charge in [-0.2, -0.15) is 10.2 Å². The van der Waals surface area contributed by atoms with Crippen molar-refractivity contribution in [2.24, 2.45) is 0 Å². The van der Waals surface area contributed by atoms with Gasteiger partial charge in [0.2, 0.25) is 0 Å². The Balaban J connectivity index is 1.32. The van der Waals surface area contributed by atoms with Crippen LogP contribution in [0.25, 0.3) is 5.65 Å². The number of hydrogen-bond donors (Lipinski definition) is 3. The molecule has 1 aliphatic carbocycles. The van der Waals surface area contributed by atoms with E-state index in [1.54, 1.807) is 10.9 Å². The number of carbonyl (C=O) groups excluding carboxylic acids is 1. The first-order chi connectivity index (χ1) is 18.3. The number of aromatic nitrogens is 5. The molecule has 3 N–H and O–H groups in total. The maximum Gasteiger partial charge on any atom is 0.284 e. The minimum absolute atomic E-state index is 0.00546. The van der Waals surface area contributed by atoms with E-state index in [1.165, 1.54) is 16.9 Å². The fraction of sp³-hybridized carbons (Fsp3) is 0.600. The number of nitrogens with one attached hydrogen (secondary N) is 3. The van der Waals surface area contributed by atoms with Crippen molar-refractivity contribution in [1.29, 1.82) is 0 Å². The predicted molar refractivity (Wildman–Crippen MR) is 141 cm³/mol. The summed E-state index contributed by atoms with van der Waals surface area (Å²) >= 11 is 0. The van der Waals surface area contributed by atoms with E-state index in [0.29, 0.717) is 17.7 Å². The Bertz CT molecular complexity index is 1240. The highest BCUT2D eigenvalue weighted by molar-refractivity contribution is 6.08. The molecule has 4 heterocycles. The van der Waals surface area contributed by atoms with Crippen molar-refractivity contribution in [2.45, 2.75) is 63.1 Å². The van der Waals surface area contributed by atoms with Crippen LogP contribution >= 0.6 is 0 Å². The number of halogens is 2. The first-order valence-corrected chi connectivity index (χ1v) is 13.2. The van der Waals surface area contributed by atoms with Gasteiger partial charge >= 0.3 is 0 Å². The second-order valence-corrected chi connectivity index (χ2v) is 10.4. The molecule has 38 heavy (non-hydrogen) atoms. The maximum atomic E-state index is 13.9. The van der Waals surface area contributed by atoms with Crippen molar-refractivity contribution in [3.8, 4) is 0 Å². The molecule has 1 saturated carbocycles. The van der Waals surface area contributed by atoms with Crippen LogP contribution in [0.5, 0.6) is 0 Å². The summed E-state index contributed by atoms with van der Waals surface area (Å²) < 4.78 is 30.8. The van der Waals surface area contributed by atoms with Crippen LogP contribution in [0.3, 0.4) is 0 Å². The van der Waals surface area contributed by atoms with Gasteiger partial charge in [0.05, 0.1) is 17.9 Å². The van der Waals surface area contributed by atoms with Crippen LogP contribution in [0, 0.1) is 0 Å². The second-order valence-electron chi connectivity index (χ2n) is 10.4. The van der Waals surface area contributed by atoms with Gasteiger partial charge in [0.25, 0.3) is 12.3 Å². The quantitative estimate of drug-likeness (QED) is 0.382. The number of carbonyl (C=O) groups is 1. The molecule has 1 aliphatic heterocycles. The van der Waals surface area contributed by atoms with Crippen molar-refractivity contribution in [3.63, 3.8) is 0 Å². The summed E-state index contributed by atoms with van der Waals surface area (Å²) in [5.74, 6) is 0.230. The van der Waals surface area contributed by atoms with Crippen molar-refractivity contribution < 1.29 is 13.6 Å². The molecule has 13 heteroatoms. The molecule has 0 atom stereocenters. The number of hydrazine groups is 1. The van der Waals surface area contributed by atoms with Gasteiger partial charge in [-0.25, -0.2) is 18.3 Å². The zero-order valence-corrected chi connectivity index (χ0v) is 22.1. The molecule has 206 valence electrons. The second kappa shape index (κ2) is 11.3. The third-order valence-corrected chi connectivity index (χ3v) is 7.75. The van der Waals surface area contributed by atoms with Crippen LogP contribution in [-0.4, -0.2) is 81.5 Å². The topological polar surface area (TPSA) is 108 Å². The highest BCUT2D eigenvalue weighted by atomic mass is 19.3. The molecule has 0 aromatic carbocycles. The van der Waals surface area contributed by atoms with Gasteiger partial charge in [-0.15, -0.1) is 0 Å². The third kappa shape index (κ3) is 5.49. The molecule has 2 fully saturated rings. The Labute approximate surface area is 220 Å². The largest absolute Gasteiger partial charge is 0.356 e. The number of hydrogen-bond acceptors (Lipinski definition) is 8. The van der Waals surface area contributed by atoms with Crippen LogP contribution in [0.4, 0.5) is 20.3 Å². The van der Waals surface area contributed by atoms with Crippen LogP contribution < -0.4 is 21.1 Å². The molecule has 0 radical (unpaired) electrons. The molecule has 0 bridgehead atoms. The third-order valence-electron chi connectivity index (χ3n) is 7.75. The predicted octanol–water partition coefficient (Wildman–Crippen LogP) is 2.85. The zero-order valence-electron chi connectivity index (χ0n) is 22.1. The zero-order chi connectivity index (χ0) is 26.8. The fourth-order valence-electron chi connectivity index (χ4n) is 5.54. The summed E-state index contributed by atoms with van der Waals surface area (Å²) in [7, 11) is 6.02. The van der Waals surface area contributed by atoms with Crippen LogP contribution in [0.1, 0.15) is 67.0 Å². The Morgan fingerprint density at radius 2 is 1.87 bits per heavy atom. The number of alkyl halides is 2. The fourth-order valence-corrected chi connectivity index (χ4v) is 5.54. The molecule has 3 aromatic heterocycles. The van der Waals surface area contributed by atoms with E-state index in [2.05, 4.69) is 50.3 Å². The molecule has 0 spiro atoms. The standard InChI is InChI=1S/C25H36F2N10O/c1-28-32-16-4-6-18(7-5-16)37-15-20(22(33-37)23(26)27)30-25(38)19-14-29-36-13-10-21(31-24(19)36)35-11-8-17(9-12-35)34(2)3/h10,13-18,23,28,32H,4-9,11-12H2,1-3H3,(H,30,38)/t16-,18-. The Kier molecular flexibility index (Phi) is 7.86. The number of anilines is 2. The number of amides is 1. The highest BCUT2D eigenvalue weighted by Gasteiger charge is 2.28. The summed E-state index contributed by atoms with van der Waals surface area (Å²) in [6.07, 6.45) is 7.38. The van der Waals surface area contributed by atoms with E-state index in [1.807, 2.05) is 13.1 Å². The lowest BCUT2D eigenvalue weighted by molar-refractivity contribution is 0.102. The molecular weight excluding hydrogens is 494 g/mol. The summed E-state index contributed by atoms with van der Waals surface area (Å²) in [5.41, 5.74) is 6.36. The summed E-state index contributed by atoms with van der Waals surface area (Å²) in [6, 6.07) is 2.77. The van der Waals surface area contributed by atoms with Gasteiger partial charge in [-0.3, -0.25) is 20.3 Å². The lowest BCUT2D eigenvalue weighted by Crippen LogP contribution is -2.42. The molecule has 1 amide bonds. The van der Waals surface area contributed by atoms with Gasteiger partial charge in [-0.05, 0) is 65.7 Å². The number of nitrogens with zero attached hydrogens (tertiary/aromatic N) is 7. The minimum Gasteiger partial charge on any atom is -0.356 e. The molecule has 5 rings (SSSR count). The number of fused-ring (bicyclic) bond motifs is 1. The minimum atomic E-state index is -2.81. The lowest BCUT2D eigenvalue weighted by atomic mass is 9.92. The van der Waals surface area contributed by atoms with Crippen molar-refractivity contribution in [1.82, 2.24) is 40.1 Å². The summed E-state index contributed by atoms with van der Waals surface area (Å²) in [4.78, 5) is 22.4. The Morgan fingerprint density at radius 3 is 2.53 bits per heavy atom. The average Bonchev–Trinajstić information content (AvgIpc) is 3.53. The summed E-state index contributed by atoms with van der Waals surface area (Å²) in [5, 5.41) is 11.1. The van der Waals surface area contributed by atoms with E-state index in [9.17, 15) is 13.6 Å². The van der Waals surface area contributed by atoms with Crippen LogP contribution in [-0.2, 0) is 0 Å². The van der Waals surface area contributed by atoms with E-state index < -0.39 is 18.0 Å². The maximum absolute atomic E-state index is 13.9. The van der Waals surface area contributed by atoms with Gasteiger partial charge in [-0.1, -0.05) is 0 Å². The Morgan fingerprint density at radius 1 is 1.13 bits per heavy atom. The highest BCUT2D eigenvalue weighted by Crippen LogP contribution is 2.33. The molecule has 3 aromatic rings. The number of rotatable bonds is 8. The molecule has 1 saturated heterocycles. The molecule has 2 aliphatic rings. The van der Waals surface area contributed by atoms with Crippen molar-refractivity contribution in [3.05, 3.63) is 35.9 Å². The van der Waals surface area contributed by atoms with Crippen molar-refractivity contribution in [2.75, 3.05) is 44.4 Å². The normalized spacial score (nSPS) is 21.1. The average molecular weight is 531 g/mol. The van der Waals surface area contributed by atoms with E-state index >= 15 is 0 Å². The molecular formula is C25H36F2N10O. The molecule has 0 unspecified atom stereocenters. The van der Waals surface area contributed by atoms with Crippen LogP contribution in [0.15, 0.2) is 24.7 Å². The van der Waals surface area contributed by atoms with E-state index in [4.69, 9.17) is 4.98 Å². The van der Waals surface area contributed by atoms with E-state index in [-0.39, 0.29) is 17.3 Å². The first-order valence-electron chi connectivity index (χ1n) is 13.2. The molecule has 11 nitrogen and oxygen atoms in total. The van der Waals surface area contributed by atoms with Crippen LogP contribution in [0.2, 0.25) is 0 Å². The Hall–Kier alpha value is -3.16. The van der Waals surface area contributed by atoms with Gasteiger partial charge in [0, 0.05) is 37.6 Å².